The van der Waals surface area contributed by atoms with E-state index in [1.54, 1.807) is 0 Å². The number of ether oxygens (including phenoxy) is 1. The van der Waals surface area contributed by atoms with Crippen LogP contribution in [0.25, 0.3) is 5.69 Å². The molecular weight excluding hydrogens is 224 g/mol. The molecule has 0 radical (unpaired) electrons. The van der Waals surface area contributed by atoms with Crippen molar-refractivity contribution in [2.75, 3.05) is 6.54 Å². The second-order valence-electron chi connectivity index (χ2n) is 5.16. The molecular formula is C15H16N2O. The van der Waals surface area contributed by atoms with Crippen molar-refractivity contribution in [3.63, 3.8) is 0 Å². The van der Waals surface area contributed by atoms with Gasteiger partial charge in [-0.25, -0.2) is 0 Å². The number of hydrogen-bond donors (Lipinski definition) is 0. The Balaban J connectivity index is 1.93. The van der Waals surface area contributed by atoms with Crippen LogP contribution in [0.15, 0.2) is 42.6 Å². The van der Waals surface area contributed by atoms with Crippen molar-refractivity contribution in [3.8, 4) is 5.69 Å². The van der Waals surface area contributed by atoms with E-state index in [4.69, 9.17) is 4.74 Å². The van der Waals surface area contributed by atoms with Gasteiger partial charge in [-0.15, -0.1) is 0 Å². The molecule has 0 spiro atoms. The summed E-state index contributed by atoms with van der Waals surface area (Å²) in [6.45, 7) is 4.12. The van der Waals surface area contributed by atoms with Crippen molar-refractivity contribution in [2.24, 2.45) is 0 Å². The Hall–Kier alpha value is -1.58. The zero-order valence-electron chi connectivity index (χ0n) is 10.4. The highest BCUT2D eigenvalue weighted by Crippen LogP contribution is 2.37. The second kappa shape index (κ2) is 3.70. The predicted molar refractivity (Wildman–Crippen MR) is 69.5 cm³/mol. The summed E-state index contributed by atoms with van der Waals surface area (Å²) in [5, 5.41) is 0. The van der Waals surface area contributed by atoms with Gasteiger partial charge in [0, 0.05) is 25.0 Å². The fraction of sp³-hybridized carbons (Fsp3) is 0.333. The molecule has 2 aliphatic rings. The van der Waals surface area contributed by atoms with Crippen LogP contribution in [0.3, 0.4) is 0 Å². The molecule has 3 heteroatoms. The summed E-state index contributed by atoms with van der Waals surface area (Å²) in [6.07, 6.45) is 2.54. The van der Waals surface area contributed by atoms with Crippen LogP contribution in [-0.2, 0) is 11.3 Å². The summed E-state index contributed by atoms with van der Waals surface area (Å²) in [7, 11) is 0. The summed E-state index contributed by atoms with van der Waals surface area (Å²) >= 11 is 0. The van der Waals surface area contributed by atoms with Crippen molar-refractivity contribution < 1.29 is 4.74 Å². The first kappa shape index (κ1) is 10.4. The lowest BCUT2D eigenvalue weighted by Gasteiger charge is -2.19. The fourth-order valence-electron chi connectivity index (χ4n) is 3.09. The SMILES string of the molecule is C[C@@H]1CN2Cc3ccccc3-n3cccc3[C@H]2O1. The van der Waals surface area contributed by atoms with Crippen molar-refractivity contribution in [1.82, 2.24) is 9.47 Å². The second-order valence-corrected chi connectivity index (χ2v) is 5.16. The van der Waals surface area contributed by atoms with Crippen LogP contribution in [0.5, 0.6) is 0 Å². The molecule has 3 nitrogen and oxygen atoms in total. The maximum Gasteiger partial charge on any atom is 0.152 e. The lowest BCUT2D eigenvalue weighted by molar-refractivity contribution is -0.000676. The quantitative estimate of drug-likeness (QED) is 0.704. The van der Waals surface area contributed by atoms with Crippen LogP contribution in [0, 0.1) is 0 Å². The monoisotopic (exact) mass is 240 g/mol. The van der Waals surface area contributed by atoms with Crippen molar-refractivity contribution in [3.05, 3.63) is 53.9 Å². The van der Waals surface area contributed by atoms with Gasteiger partial charge >= 0.3 is 0 Å². The number of fused-ring (bicyclic) bond motifs is 5. The zero-order chi connectivity index (χ0) is 12.1. The lowest BCUT2D eigenvalue weighted by Crippen LogP contribution is -2.23. The smallest absolute Gasteiger partial charge is 0.152 e. The van der Waals surface area contributed by atoms with Gasteiger partial charge in [0.05, 0.1) is 11.8 Å². The molecule has 1 aromatic carbocycles. The molecule has 1 saturated heterocycles. The first-order chi connectivity index (χ1) is 8.83. The van der Waals surface area contributed by atoms with Crippen LogP contribution in [0.2, 0.25) is 0 Å². The van der Waals surface area contributed by atoms with Crippen LogP contribution < -0.4 is 0 Å². The first-order valence-electron chi connectivity index (χ1n) is 6.48. The largest absolute Gasteiger partial charge is 0.353 e. The van der Waals surface area contributed by atoms with Gasteiger partial charge in [0.15, 0.2) is 6.23 Å². The summed E-state index contributed by atoms with van der Waals surface area (Å²) in [4.78, 5) is 2.42. The van der Waals surface area contributed by atoms with E-state index in [9.17, 15) is 0 Å². The number of nitrogens with zero attached hydrogens (tertiary/aromatic N) is 2. The van der Waals surface area contributed by atoms with Gasteiger partial charge in [0.25, 0.3) is 0 Å². The molecule has 0 saturated carbocycles. The zero-order valence-corrected chi connectivity index (χ0v) is 10.4. The third-order valence-electron chi connectivity index (χ3n) is 3.84. The Morgan fingerprint density at radius 3 is 3.00 bits per heavy atom. The molecule has 18 heavy (non-hydrogen) atoms. The number of para-hydroxylation sites is 1. The molecule has 3 heterocycles. The Morgan fingerprint density at radius 1 is 1.17 bits per heavy atom. The first-order valence-corrected chi connectivity index (χ1v) is 6.48. The highest BCUT2D eigenvalue weighted by molar-refractivity contribution is 5.44. The third-order valence-corrected chi connectivity index (χ3v) is 3.84. The molecule has 0 bridgehead atoms. The van der Waals surface area contributed by atoms with E-state index >= 15 is 0 Å². The topological polar surface area (TPSA) is 17.4 Å². The fourth-order valence-corrected chi connectivity index (χ4v) is 3.09. The van der Waals surface area contributed by atoms with Crippen LogP contribution >= 0.6 is 0 Å². The van der Waals surface area contributed by atoms with Gasteiger partial charge in [0.2, 0.25) is 0 Å². The third kappa shape index (κ3) is 1.38. The normalized spacial score (nSPS) is 26.3. The minimum Gasteiger partial charge on any atom is -0.353 e. The van der Waals surface area contributed by atoms with Gasteiger partial charge in [0.1, 0.15) is 0 Å². The number of benzene rings is 1. The standard InChI is InChI=1S/C15H16N2O/c1-11-9-16-10-12-5-2-3-6-13(12)17-8-4-7-14(17)15(16)18-11/h2-8,11,15H,9-10H2,1H3/t11-,15-/m1/s1. The average Bonchev–Trinajstić information content (AvgIpc) is 2.94. The van der Waals surface area contributed by atoms with Crippen molar-refractivity contribution in [2.45, 2.75) is 25.8 Å². The molecule has 1 fully saturated rings. The van der Waals surface area contributed by atoms with Gasteiger partial charge in [-0.2, -0.15) is 0 Å². The van der Waals surface area contributed by atoms with Crippen molar-refractivity contribution in [1.29, 1.82) is 0 Å². The van der Waals surface area contributed by atoms with E-state index in [1.165, 1.54) is 16.9 Å². The maximum absolute atomic E-state index is 6.07. The Bertz CT molecular complexity index is 590. The lowest BCUT2D eigenvalue weighted by atomic mass is 10.1. The minimum absolute atomic E-state index is 0.0994. The highest BCUT2D eigenvalue weighted by atomic mass is 16.5. The summed E-state index contributed by atoms with van der Waals surface area (Å²) < 4.78 is 8.33. The van der Waals surface area contributed by atoms with Crippen LogP contribution in [0.1, 0.15) is 24.4 Å². The van der Waals surface area contributed by atoms with E-state index in [2.05, 4.69) is 59.0 Å². The Labute approximate surface area is 107 Å². The van der Waals surface area contributed by atoms with E-state index in [-0.39, 0.29) is 6.23 Å². The number of aromatic nitrogens is 1. The molecule has 0 aliphatic carbocycles. The van der Waals surface area contributed by atoms with Crippen LogP contribution in [0.4, 0.5) is 0 Å². The molecule has 1 aromatic heterocycles. The van der Waals surface area contributed by atoms with Gasteiger partial charge in [-0.05, 0) is 30.7 Å². The van der Waals surface area contributed by atoms with Crippen molar-refractivity contribution >= 4 is 0 Å². The van der Waals surface area contributed by atoms with Crippen LogP contribution in [-0.4, -0.2) is 22.1 Å². The molecule has 4 rings (SSSR count). The molecule has 92 valence electrons. The van der Waals surface area contributed by atoms with Gasteiger partial charge in [-0.1, -0.05) is 18.2 Å². The average molecular weight is 240 g/mol. The molecule has 0 unspecified atom stereocenters. The minimum atomic E-state index is 0.0994. The molecule has 0 N–H and O–H groups in total. The predicted octanol–water partition coefficient (Wildman–Crippen LogP) is 2.71. The molecule has 0 amide bonds. The van der Waals surface area contributed by atoms with E-state index in [1.807, 2.05) is 0 Å². The molecule has 2 aromatic rings. The van der Waals surface area contributed by atoms with Gasteiger partial charge < -0.3 is 9.30 Å². The van der Waals surface area contributed by atoms with E-state index in [0.717, 1.165) is 13.1 Å². The number of hydrogen-bond acceptors (Lipinski definition) is 2. The Morgan fingerprint density at radius 2 is 2.06 bits per heavy atom. The molecule has 2 aliphatic heterocycles. The van der Waals surface area contributed by atoms with Gasteiger partial charge in [-0.3, -0.25) is 4.90 Å². The summed E-state index contributed by atoms with van der Waals surface area (Å²) in [6, 6.07) is 12.9. The van der Waals surface area contributed by atoms with E-state index < -0.39 is 0 Å². The molecule has 2 atom stereocenters. The maximum atomic E-state index is 6.07. The Kier molecular flexibility index (Phi) is 2.13. The summed E-state index contributed by atoms with van der Waals surface area (Å²) in [5.74, 6) is 0. The highest BCUT2D eigenvalue weighted by Gasteiger charge is 2.35. The van der Waals surface area contributed by atoms with E-state index in [0.29, 0.717) is 6.10 Å². The number of rotatable bonds is 0. The summed E-state index contributed by atoms with van der Waals surface area (Å²) in [5.41, 5.74) is 3.89.